The molecule has 0 saturated heterocycles. The Bertz CT molecular complexity index is 1070. The summed E-state index contributed by atoms with van der Waals surface area (Å²) in [6.07, 6.45) is 0. The minimum absolute atomic E-state index is 0.457. The van der Waals surface area contributed by atoms with Crippen LogP contribution in [0, 0.1) is 0 Å². The molecular formula is C23H20N3O3P. The summed E-state index contributed by atoms with van der Waals surface area (Å²) in [6.45, 7) is 0. The van der Waals surface area contributed by atoms with Crippen LogP contribution in [0.2, 0.25) is 0 Å². The van der Waals surface area contributed by atoms with Gasteiger partial charge in [-0.25, -0.2) is 4.79 Å². The normalized spacial score (nSPS) is 14.7. The Labute approximate surface area is 174 Å². The van der Waals surface area contributed by atoms with Crippen LogP contribution in [0.4, 0.5) is 10.5 Å². The maximum absolute atomic E-state index is 13.6. The number of hydrogen-bond acceptors (Lipinski definition) is 3. The number of rotatable bonds is 5. The van der Waals surface area contributed by atoms with Gasteiger partial charge in [0.2, 0.25) is 7.29 Å². The second-order valence-corrected chi connectivity index (χ2v) is 8.75. The third-order valence-corrected chi connectivity index (χ3v) is 6.03. The fraction of sp³-hybridized carbons (Fsp3) is 0. The smallest absolute Gasteiger partial charge is 0.333 e. The highest BCUT2D eigenvalue weighted by molar-refractivity contribution is 7.68. The molecule has 7 heteroatoms. The topological polar surface area (TPSA) is 79.5 Å². The van der Waals surface area contributed by atoms with Gasteiger partial charge in [-0.3, -0.25) is 9.99 Å². The number of para-hydroxylation sites is 1. The third-order valence-electron chi connectivity index (χ3n) is 4.33. The number of hydrazine groups is 1. The van der Waals surface area contributed by atoms with Crippen molar-refractivity contribution in [2.75, 3.05) is 5.32 Å². The molecule has 0 spiro atoms. The van der Waals surface area contributed by atoms with E-state index in [1.165, 1.54) is 11.6 Å². The Hall–Kier alpha value is -3.60. The molecule has 1 heterocycles. The van der Waals surface area contributed by atoms with Gasteiger partial charge in [0.25, 0.3) is 0 Å². The van der Waals surface area contributed by atoms with Crippen LogP contribution < -0.4 is 15.9 Å². The van der Waals surface area contributed by atoms with E-state index in [9.17, 15) is 9.36 Å². The summed E-state index contributed by atoms with van der Waals surface area (Å²) in [5.41, 5.74) is 4.68. The Morgan fingerprint density at radius 2 is 1.17 bits per heavy atom. The fourth-order valence-electron chi connectivity index (χ4n) is 2.92. The van der Waals surface area contributed by atoms with Gasteiger partial charge in [-0.2, -0.15) is 5.20 Å². The molecule has 0 saturated carbocycles. The van der Waals surface area contributed by atoms with E-state index in [2.05, 4.69) is 15.9 Å². The lowest BCUT2D eigenvalue weighted by Crippen LogP contribution is -2.38. The van der Waals surface area contributed by atoms with Gasteiger partial charge >= 0.3 is 6.03 Å². The van der Waals surface area contributed by atoms with Gasteiger partial charge in [0.1, 0.15) is 11.5 Å². The number of carbonyl (C=O) groups excluding carboxylic acids is 1. The molecule has 3 aromatic rings. The molecule has 0 atom stereocenters. The molecule has 3 N–H and O–H groups in total. The van der Waals surface area contributed by atoms with Gasteiger partial charge in [-0.1, -0.05) is 78.9 Å². The molecule has 0 aliphatic carbocycles. The first-order chi connectivity index (χ1) is 14.6. The van der Waals surface area contributed by atoms with Crippen molar-refractivity contribution in [3.8, 4) is 0 Å². The third kappa shape index (κ3) is 4.87. The summed E-state index contributed by atoms with van der Waals surface area (Å²) in [7, 11) is -3.29. The zero-order valence-corrected chi connectivity index (χ0v) is 16.9. The maximum Gasteiger partial charge on any atom is 0.333 e. The van der Waals surface area contributed by atoms with E-state index in [-0.39, 0.29) is 0 Å². The second kappa shape index (κ2) is 8.82. The average molecular weight is 417 g/mol. The molecule has 0 aromatic heterocycles. The molecule has 6 nitrogen and oxygen atoms in total. The predicted molar refractivity (Wildman–Crippen MR) is 119 cm³/mol. The van der Waals surface area contributed by atoms with Crippen LogP contribution in [0.1, 0.15) is 11.1 Å². The fourth-order valence-corrected chi connectivity index (χ4v) is 4.50. The van der Waals surface area contributed by atoms with Crippen LogP contribution in [0.3, 0.4) is 0 Å². The van der Waals surface area contributed by atoms with Gasteiger partial charge < -0.3 is 10.1 Å². The van der Waals surface area contributed by atoms with Crippen LogP contribution in [0.25, 0.3) is 11.5 Å². The average Bonchev–Trinajstić information content (AvgIpc) is 2.79. The number of anilines is 1. The van der Waals surface area contributed by atoms with Crippen LogP contribution in [-0.2, 0) is 9.30 Å². The molecule has 3 aromatic carbocycles. The second-order valence-electron chi connectivity index (χ2n) is 6.59. The molecule has 2 amide bonds. The predicted octanol–water partition coefficient (Wildman–Crippen LogP) is 5.62. The van der Waals surface area contributed by atoms with Gasteiger partial charge in [0, 0.05) is 28.4 Å². The number of nitrogens with one attached hydrogen (secondary N) is 3. The van der Waals surface area contributed by atoms with Gasteiger partial charge in [0.15, 0.2) is 0 Å². The number of benzene rings is 3. The zero-order valence-electron chi connectivity index (χ0n) is 16.0. The number of carbonyl (C=O) groups is 1. The summed E-state index contributed by atoms with van der Waals surface area (Å²) in [6, 6.07) is 27.3. The lowest BCUT2D eigenvalue weighted by molar-refractivity contribution is 0.250. The van der Waals surface area contributed by atoms with Crippen molar-refractivity contribution in [2.24, 2.45) is 0 Å². The highest BCUT2D eigenvalue weighted by atomic mass is 31.2. The highest BCUT2D eigenvalue weighted by Gasteiger charge is 2.27. The van der Waals surface area contributed by atoms with Crippen molar-refractivity contribution < 1.29 is 14.1 Å². The molecule has 0 radical (unpaired) electrons. The van der Waals surface area contributed by atoms with Crippen molar-refractivity contribution in [3.05, 3.63) is 114 Å². The summed E-state index contributed by atoms with van der Waals surface area (Å²) in [5.74, 6) is 3.94. The summed E-state index contributed by atoms with van der Waals surface area (Å²) >= 11 is 0. The largest absolute Gasteiger partial charge is 0.456 e. The van der Waals surface area contributed by atoms with Crippen LogP contribution >= 0.6 is 7.29 Å². The van der Waals surface area contributed by atoms with Crippen molar-refractivity contribution in [2.45, 2.75) is 0 Å². The maximum atomic E-state index is 13.6. The lowest BCUT2D eigenvalue weighted by Gasteiger charge is -2.23. The first-order valence-corrected chi connectivity index (χ1v) is 11.2. The quantitative estimate of drug-likeness (QED) is 0.372. The Morgan fingerprint density at radius 3 is 1.67 bits per heavy atom. The minimum Gasteiger partial charge on any atom is -0.456 e. The van der Waals surface area contributed by atoms with Crippen molar-refractivity contribution in [3.63, 3.8) is 0 Å². The zero-order chi connectivity index (χ0) is 20.8. The van der Waals surface area contributed by atoms with Crippen molar-refractivity contribution in [1.82, 2.24) is 10.6 Å². The van der Waals surface area contributed by atoms with E-state index in [0.717, 1.165) is 11.1 Å². The van der Waals surface area contributed by atoms with Gasteiger partial charge in [0.05, 0.1) is 0 Å². The van der Waals surface area contributed by atoms with E-state index in [1.54, 1.807) is 12.1 Å². The van der Waals surface area contributed by atoms with Gasteiger partial charge in [-0.05, 0) is 12.1 Å². The van der Waals surface area contributed by atoms with Crippen LogP contribution in [0.5, 0.6) is 0 Å². The molecule has 0 bridgehead atoms. The van der Waals surface area contributed by atoms with E-state index in [4.69, 9.17) is 4.74 Å². The molecule has 1 aliphatic rings. The minimum atomic E-state index is -3.29. The molecule has 4 rings (SSSR count). The summed E-state index contributed by atoms with van der Waals surface area (Å²) < 4.78 is 19.6. The Balaban J connectivity index is 1.58. The molecule has 0 fully saturated rings. The Morgan fingerprint density at radius 1 is 0.700 bits per heavy atom. The number of ether oxygens (including phenoxy) is 1. The Kier molecular flexibility index (Phi) is 5.80. The standard InChI is InChI=1S/C23H20N3O3P/c27-23(24-20-14-8-3-9-15-20)25-26-30(28)16-21(18-10-4-1-5-11-18)29-22(17-30)19-12-6-2-7-13-19/h1-17H,(H,26,28)(H2,24,25,27). The van der Waals surface area contributed by atoms with Crippen LogP contribution in [0.15, 0.2) is 103 Å². The van der Waals surface area contributed by atoms with Crippen molar-refractivity contribution in [1.29, 1.82) is 0 Å². The first-order valence-electron chi connectivity index (χ1n) is 9.34. The number of hydrogen-bond donors (Lipinski definition) is 3. The molecular weight excluding hydrogens is 397 g/mol. The number of urea groups is 1. The van der Waals surface area contributed by atoms with E-state index in [0.29, 0.717) is 17.2 Å². The van der Waals surface area contributed by atoms with Crippen molar-refractivity contribution >= 4 is 30.5 Å². The SMILES string of the molecule is O=C(NNP1(=O)C=C(c2ccccc2)OC(c2ccccc2)=C1)Nc1ccccc1. The molecule has 30 heavy (non-hydrogen) atoms. The summed E-state index contributed by atoms with van der Waals surface area (Å²) in [5, 5.41) is 5.36. The first kappa shape index (κ1) is 19.7. The molecule has 150 valence electrons. The van der Waals surface area contributed by atoms with Crippen LogP contribution in [-0.4, -0.2) is 6.03 Å². The number of amides is 2. The van der Waals surface area contributed by atoms with E-state index < -0.39 is 13.3 Å². The van der Waals surface area contributed by atoms with E-state index in [1.807, 2.05) is 78.9 Å². The van der Waals surface area contributed by atoms with Gasteiger partial charge in [-0.15, -0.1) is 0 Å². The molecule has 0 unspecified atom stereocenters. The van der Waals surface area contributed by atoms with E-state index >= 15 is 0 Å². The highest BCUT2D eigenvalue weighted by Crippen LogP contribution is 2.52. The monoisotopic (exact) mass is 417 g/mol. The molecule has 1 aliphatic heterocycles. The lowest BCUT2D eigenvalue weighted by atomic mass is 10.2. The summed E-state index contributed by atoms with van der Waals surface area (Å²) in [4.78, 5) is 12.2.